The van der Waals surface area contributed by atoms with Crippen molar-refractivity contribution in [3.63, 3.8) is 0 Å². The second kappa shape index (κ2) is 11.4. The highest BCUT2D eigenvalue weighted by molar-refractivity contribution is 5.97. The van der Waals surface area contributed by atoms with Crippen LogP contribution < -0.4 is 20.5 Å². The summed E-state index contributed by atoms with van der Waals surface area (Å²) >= 11 is 0. The second-order valence-corrected chi connectivity index (χ2v) is 7.76. The Morgan fingerprint density at radius 3 is 2.08 bits per heavy atom. The van der Waals surface area contributed by atoms with Crippen LogP contribution in [-0.2, 0) is 13.1 Å². The van der Waals surface area contributed by atoms with Gasteiger partial charge in [0.15, 0.2) is 0 Å². The fraction of sp³-hybridized carbons (Fsp3) is 0.115. The van der Waals surface area contributed by atoms with Gasteiger partial charge in [-0.1, -0.05) is 72.8 Å². The number of nitrogens with zero attached hydrogens (tertiary/aromatic N) is 4. The molecule has 10 nitrogen and oxygen atoms in total. The smallest absolute Gasteiger partial charge is 0.355 e. The number of rotatable bonds is 10. The van der Waals surface area contributed by atoms with Crippen LogP contribution in [0.4, 0.5) is 17.3 Å². The molecule has 0 aliphatic heterocycles. The standard InChI is InChI=1S/C26H24N6O4/c1-36-22-15-9-8-14-21(22)26(33)30-29-24-23(32(34)35)25(28-18-27-24)31(16-19-10-4-2-5-11-19)17-20-12-6-3-7-13-20/h2-15,18H,16-17H2,1H3,(H,30,33)(H,27,28,29). The lowest BCUT2D eigenvalue weighted by Crippen LogP contribution is -2.31. The minimum atomic E-state index is -0.560. The molecule has 2 N–H and O–H groups in total. The summed E-state index contributed by atoms with van der Waals surface area (Å²) in [4.78, 5) is 34.4. The molecular formula is C26H24N6O4. The van der Waals surface area contributed by atoms with Gasteiger partial charge in [0, 0.05) is 13.1 Å². The maximum Gasteiger partial charge on any atom is 0.355 e. The molecule has 0 atom stereocenters. The number of aromatic nitrogens is 2. The molecule has 1 aromatic heterocycles. The summed E-state index contributed by atoms with van der Waals surface area (Å²) in [6.45, 7) is 0.751. The summed E-state index contributed by atoms with van der Waals surface area (Å²) in [5, 5.41) is 12.2. The van der Waals surface area contributed by atoms with Crippen LogP contribution in [0.2, 0.25) is 0 Å². The largest absolute Gasteiger partial charge is 0.496 e. The summed E-state index contributed by atoms with van der Waals surface area (Å²) in [6.07, 6.45) is 1.23. The second-order valence-electron chi connectivity index (χ2n) is 7.76. The molecule has 4 rings (SSSR count). The SMILES string of the molecule is COc1ccccc1C(=O)NNc1ncnc(N(Cc2ccccc2)Cc2ccccc2)c1[N+](=O)[O-]. The molecule has 0 unspecified atom stereocenters. The van der Waals surface area contributed by atoms with Crippen molar-refractivity contribution in [2.45, 2.75) is 13.1 Å². The summed E-state index contributed by atoms with van der Waals surface area (Å²) in [5.74, 6) is -0.185. The number of para-hydroxylation sites is 1. The number of hydrogen-bond acceptors (Lipinski definition) is 8. The van der Waals surface area contributed by atoms with Crippen molar-refractivity contribution in [2.24, 2.45) is 0 Å². The zero-order valence-corrected chi connectivity index (χ0v) is 19.5. The number of carbonyl (C=O) groups is 1. The van der Waals surface area contributed by atoms with Crippen LogP contribution in [0.3, 0.4) is 0 Å². The third kappa shape index (κ3) is 5.73. The summed E-state index contributed by atoms with van der Waals surface area (Å²) in [7, 11) is 1.45. The Kier molecular flexibility index (Phi) is 7.66. The molecule has 182 valence electrons. The van der Waals surface area contributed by atoms with Gasteiger partial charge in [-0.05, 0) is 23.3 Å². The van der Waals surface area contributed by atoms with E-state index in [1.165, 1.54) is 13.4 Å². The van der Waals surface area contributed by atoms with E-state index < -0.39 is 10.8 Å². The highest BCUT2D eigenvalue weighted by Gasteiger charge is 2.28. The van der Waals surface area contributed by atoms with Crippen molar-refractivity contribution in [1.82, 2.24) is 15.4 Å². The summed E-state index contributed by atoms with van der Waals surface area (Å²) in [6, 6.07) is 25.9. The van der Waals surface area contributed by atoms with Crippen LogP contribution in [0, 0.1) is 10.1 Å². The van der Waals surface area contributed by atoms with Gasteiger partial charge in [0.2, 0.25) is 11.6 Å². The van der Waals surface area contributed by atoms with Crippen LogP contribution in [0.25, 0.3) is 0 Å². The molecule has 0 spiro atoms. The number of amides is 1. The van der Waals surface area contributed by atoms with Crippen molar-refractivity contribution in [3.8, 4) is 5.75 Å². The Labute approximate surface area is 207 Å². The molecule has 1 amide bonds. The first-order valence-electron chi connectivity index (χ1n) is 11.1. The lowest BCUT2D eigenvalue weighted by Gasteiger charge is -2.24. The van der Waals surface area contributed by atoms with E-state index in [9.17, 15) is 14.9 Å². The monoisotopic (exact) mass is 484 g/mol. The van der Waals surface area contributed by atoms with Crippen molar-refractivity contribution in [3.05, 3.63) is 118 Å². The van der Waals surface area contributed by atoms with E-state index >= 15 is 0 Å². The van der Waals surface area contributed by atoms with Crippen LogP contribution >= 0.6 is 0 Å². The number of hydrazine groups is 1. The number of nitrogens with one attached hydrogen (secondary N) is 2. The predicted molar refractivity (Wildman–Crippen MR) is 136 cm³/mol. The quantitative estimate of drug-likeness (QED) is 0.252. The highest BCUT2D eigenvalue weighted by Crippen LogP contribution is 2.33. The molecule has 0 aliphatic carbocycles. The molecule has 0 saturated heterocycles. The molecule has 0 radical (unpaired) electrons. The molecule has 0 saturated carbocycles. The van der Waals surface area contributed by atoms with Crippen LogP contribution in [0.15, 0.2) is 91.3 Å². The average molecular weight is 485 g/mol. The molecule has 0 aliphatic rings. The number of methoxy groups -OCH3 is 1. The Morgan fingerprint density at radius 1 is 0.917 bits per heavy atom. The number of anilines is 2. The maximum absolute atomic E-state index is 12.7. The van der Waals surface area contributed by atoms with E-state index in [2.05, 4.69) is 20.8 Å². The zero-order valence-electron chi connectivity index (χ0n) is 19.5. The first-order valence-corrected chi connectivity index (χ1v) is 11.1. The third-order valence-corrected chi connectivity index (χ3v) is 5.36. The minimum absolute atomic E-state index is 0.122. The fourth-order valence-electron chi connectivity index (χ4n) is 3.69. The van der Waals surface area contributed by atoms with Gasteiger partial charge in [0.05, 0.1) is 17.6 Å². The molecular weight excluding hydrogens is 460 g/mol. The van der Waals surface area contributed by atoms with Gasteiger partial charge in [-0.15, -0.1) is 0 Å². The Morgan fingerprint density at radius 2 is 1.50 bits per heavy atom. The first kappa shape index (κ1) is 24.1. The Bertz CT molecular complexity index is 1290. The average Bonchev–Trinajstić information content (AvgIpc) is 2.92. The Hall–Kier alpha value is -4.99. The van der Waals surface area contributed by atoms with Gasteiger partial charge in [0.1, 0.15) is 12.1 Å². The number of ether oxygens (including phenoxy) is 1. The van der Waals surface area contributed by atoms with Crippen LogP contribution in [-0.4, -0.2) is 27.9 Å². The van der Waals surface area contributed by atoms with Crippen molar-refractivity contribution in [1.29, 1.82) is 0 Å². The fourth-order valence-corrected chi connectivity index (χ4v) is 3.69. The van der Waals surface area contributed by atoms with E-state index in [0.29, 0.717) is 18.8 Å². The number of nitro groups is 1. The molecule has 3 aromatic carbocycles. The normalized spacial score (nSPS) is 10.4. The zero-order chi connectivity index (χ0) is 25.3. The number of benzene rings is 3. The van der Waals surface area contributed by atoms with E-state index in [0.717, 1.165) is 11.1 Å². The number of carbonyl (C=O) groups excluding carboxylic acids is 1. The van der Waals surface area contributed by atoms with Crippen LogP contribution in [0.1, 0.15) is 21.5 Å². The number of hydrogen-bond donors (Lipinski definition) is 2. The Balaban J connectivity index is 1.66. The van der Waals surface area contributed by atoms with Crippen molar-refractivity contribution < 1.29 is 14.5 Å². The predicted octanol–water partition coefficient (Wildman–Crippen LogP) is 4.36. The summed E-state index contributed by atoms with van der Waals surface area (Å²) < 4.78 is 5.22. The van der Waals surface area contributed by atoms with E-state index in [1.807, 2.05) is 60.7 Å². The highest BCUT2D eigenvalue weighted by atomic mass is 16.6. The molecule has 0 fully saturated rings. The van der Waals surface area contributed by atoms with E-state index in [4.69, 9.17) is 4.74 Å². The lowest BCUT2D eigenvalue weighted by molar-refractivity contribution is -0.383. The molecule has 4 aromatic rings. The van der Waals surface area contributed by atoms with Gasteiger partial charge in [-0.2, -0.15) is 0 Å². The van der Waals surface area contributed by atoms with Gasteiger partial charge >= 0.3 is 5.69 Å². The van der Waals surface area contributed by atoms with Gasteiger partial charge in [-0.25, -0.2) is 9.97 Å². The van der Waals surface area contributed by atoms with Crippen molar-refractivity contribution >= 4 is 23.2 Å². The molecule has 10 heteroatoms. The van der Waals surface area contributed by atoms with Gasteiger partial charge in [-0.3, -0.25) is 25.8 Å². The molecule has 36 heavy (non-hydrogen) atoms. The molecule has 1 heterocycles. The summed E-state index contributed by atoms with van der Waals surface area (Å²) in [5.41, 5.74) is 6.88. The van der Waals surface area contributed by atoms with E-state index in [-0.39, 0.29) is 22.9 Å². The van der Waals surface area contributed by atoms with E-state index in [1.54, 1.807) is 29.2 Å². The first-order chi connectivity index (χ1) is 17.6. The van der Waals surface area contributed by atoms with Gasteiger partial charge < -0.3 is 9.64 Å². The van der Waals surface area contributed by atoms with Crippen LogP contribution in [0.5, 0.6) is 5.75 Å². The minimum Gasteiger partial charge on any atom is -0.496 e. The van der Waals surface area contributed by atoms with Gasteiger partial charge in [0.25, 0.3) is 5.91 Å². The van der Waals surface area contributed by atoms with Crippen molar-refractivity contribution in [2.75, 3.05) is 17.4 Å². The maximum atomic E-state index is 12.7. The topological polar surface area (TPSA) is 123 Å². The molecule has 0 bridgehead atoms. The third-order valence-electron chi connectivity index (χ3n) is 5.36. The lowest BCUT2D eigenvalue weighted by atomic mass is 10.1.